The van der Waals surface area contributed by atoms with Crippen LogP contribution in [0.1, 0.15) is 55.5 Å². The van der Waals surface area contributed by atoms with Crippen LogP contribution in [-0.2, 0) is 0 Å². The Bertz CT molecular complexity index is 587. The number of hydrogen-bond acceptors (Lipinski definition) is 2. The van der Waals surface area contributed by atoms with Crippen molar-refractivity contribution in [2.24, 2.45) is 5.92 Å². The number of unbranched alkanes of at least 4 members (excludes halogenated alkanes) is 1. The molecule has 23 heavy (non-hydrogen) atoms. The quantitative estimate of drug-likeness (QED) is 0.571. The van der Waals surface area contributed by atoms with Crippen LogP contribution in [0.15, 0.2) is 54.6 Å². The fourth-order valence-electron chi connectivity index (χ4n) is 2.57. The van der Waals surface area contributed by atoms with Gasteiger partial charge in [-0.25, -0.2) is 0 Å². The van der Waals surface area contributed by atoms with Crippen LogP contribution < -0.4 is 4.74 Å². The van der Waals surface area contributed by atoms with Crippen LogP contribution >= 0.6 is 0 Å². The molecule has 2 aromatic rings. The summed E-state index contributed by atoms with van der Waals surface area (Å²) in [5.41, 5.74) is 1.41. The zero-order valence-electron chi connectivity index (χ0n) is 14.1. The Balaban J connectivity index is 1.93. The van der Waals surface area contributed by atoms with Crippen LogP contribution in [0.2, 0.25) is 0 Å². The van der Waals surface area contributed by atoms with Crippen molar-refractivity contribution < 1.29 is 9.53 Å². The smallest absolute Gasteiger partial charge is 0.193 e. The van der Waals surface area contributed by atoms with Gasteiger partial charge in [-0.05, 0) is 36.6 Å². The molecule has 0 spiro atoms. The fraction of sp³-hybridized carbons (Fsp3) is 0.381. The molecule has 1 unspecified atom stereocenters. The van der Waals surface area contributed by atoms with E-state index >= 15 is 0 Å². The average molecular weight is 310 g/mol. The molecule has 0 heterocycles. The molecule has 0 bridgehead atoms. The van der Waals surface area contributed by atoms with Gasteiger partial charge in [0.2, 0.25) is 0 Å². The molecule has 0 aliphatic rings. The van der Waals surface area contributed by atoms with Gasteiger partial charge in [-0.2, -0.15) is 0 Å². The van der Waals surface area contributed by atoms with Gasteiger partial charge >= 0.3 is 0 Å². The lowest BCUT2D eigenvalue weighted by molar-refractivity contribution is 0.103. The highest BCUT2D eigenvalue weighted by atomic mass is 16.5. The third-order valence-electron chi connectivity index (χ3n) is 4.18. The summed E-state index contributed by atoms with van der Waals surface area (Å²) in [7, 11) is 0. The van der Waals surface area contributed by atoms with Gasteiger partial charge in [-0.1, -0.05) is 63.4 Å². The molecule has 0 fully saturated rings. The molecule has 2 rings (SSSR count). The number of ether oxygens (including phenoxy) is 1. The maximum absolute atomic E-state index is 12.3. The van der Waals surface area contributed by atoms with E-state index in [2.05, 4.69) is 13.8 Å². The lowest BCUT2D eigenvalue weighted by atomic mass is 10.0. The number of benzene rings is 2. The van der Waals surface area contributed by atoms with Gasteiger partial charge in [0.1, 0.15) is 5.75 Å². The van der Waals surface area contributed by atoms with Gasteiger partial charge in [0.25, 0.3) is 0 Å². The summed E-state index contributed by atoms with van der Waals surface area (Å²) in [5.74, 6) is 1.50. The van der Waals surface area contributed by atoms with E-state index in [0.29, 0.717) is 17.0 Å². The Morgan fingerprint density at radius 3 is 2.22 bits per heavy atom. The van der Waals surface area contributed by atoms with E-state index in [-0.39, 0.29) is 5.78 Å². The van der Waals surface area contributed by atoms with E-state index in [1.165, 1.54) is 19.3 Å². The Morgan fingerprint density at radius 2 is 1.61 bits per heavy atom. The highest BCUT2D eigenvalue weighted by Gasteiger charge is 2.10. The summed E-state index contributed by atoms with van der Waals surface area (Å²) in [5, 5.41) is 0. The molecule has 122 valence electrons. The van der Waals surface area contributed by atoms with E-state index in [9.17, 15) is 4.79 Å². The second-order valence-electron chi connectivity index (χ2n) is 5.95. The number of carbonyl (C=O) groups is 1. The standard InChI is InChI=1S/C21H26O2/c1-3-5-9-17(4-2)16-23-20-14-12-19(13-15-20)21(22)18-10-7-6-8-11-18/h6-8,10-15,17H,3-5,9,16H2,1-2H3. The van der Waals surface area contributed by atoms with E-state index in [4.69, 9.17) is 4.74 Å². The molecule has 0 saturated carbocycles. The molecular formula is C21H26O2. The minimum Gasteiger partial charge on any atom is -0.493 e. The molecule has 1 atom stereocenters. The Kier molecular flexibility index (Phi) is 6.86. The molecule has 2 heteroatoms. The summed E-state index contributed by atoms with van der Waals surface area (Å²) in [4.78, 5) is 12.3. The SMILES string of the molecule is CCCCC(CC)COc1ccc(C(=O)c2ccccc2)cc1. The monoisotopic (exact) mass is 310 g/mol. The Labute approximate surface area is 139 Å². The fourth-order valence-corrected chi connectivity index (χ4v) is 2.57. The summed E-state index contributed by atoms with van der Waals surface area (Å²) in [6.07, 6.45) is 4.85. The molecule has 0 N–H and O–H groups in total. The van der Waals surface area contributed by atoms with Gasteiger partial charge in [0.05, 0.1) is 6.61 Å². The van der Waals surface area contributed by atoms with Crippen LogP contribution in [0.4, 0.5) is 0 Å². The number of rotatable bonds is 9. The lowest BCUT2D eigenvalue weighted by Gasteiger charge is -2.15. The predicted octanol–water partition coefficient (Wildman–Crippen LogP) is 5.51. The minimum atomic E-state index is 0.0477. The first-order valence-corrected chi connectivity index (χ1v) is 8.57. The van der Waals surface area contributed by atoms with Crippen LogP contribution in [0.3, 0.4) is 0 Å². The molecule has 0 radical (unpaired) electrons. The predicted molar refractivity (Wildman–Crippen MR) is 95.1 cm³/mol. The van der Waals surface area contributed by atoms with Crippen molar-refractivity contribution >= 4 is 5.78 Å². The van der Waals surface area contributed by atoms with Crippen molar-refractivity contribution in [2.75, 3.05) is 6.61 Å². The highest BCUT2D eigenvalue weighted by Crippen LogP contribution is 2.18. The van der Waals surface area contributed by atoms with Crippen molar-refractivity contribution in [3.05, 3.63) is 65.7 Å². The average Bonchev–Trinajstić information content (AvgIpc) is 2.62. The van der Waals surface area contributed by atoms with Crippen LogP contribution in [0.25, 0.3) is 0 Å². The molecule has 2 aromatic carbocycles. The topological polar surface area (TPSA) is 26.3 Å². The second-order valence-corrected chi connectivity index (χ2v) is 5.95. The van der Waals surface area contributed by atoms with Gasteiger partial charge in [-0.15, -0.1) is 0 Å². The zero-order valence-corrected chi connectivity index (χ0v) is 14.1. The first-order chi connectivity index (χ1) is 11.2. The van der Waals surface area contributed by atoms with E-state index < -0.39 is 0 Å². The van der Waals surface area contributed by atoms with Crippen molar-refractivity contribution in [2.45, 2.75) is 39.5 Å². The minimum absolute atomic E-state index is 0.0477. The van der Waals surface area contributed by atoms with Gasteiger partial charge in [0, 0.05) is 11.1 Å². The second kappa shape index (κ2) is 9.14. The normalized spacial score (nSPS) is 11.9. The van der Waals surface area contributed by atoms with Crippen LogP contribution in [0.5, 0.6) is 5.75 Å². The molecule has 0 aliphatic heterocycles. The first-order valence-electron chi connectivity index (χ1n) is 8.57. The summed E-state index contributed by atoms with van der Waals surface area (Å²) < 4.78 is 5.89. The Morgan fingerprint density at radius 1 is 0.957 bits per heavy atom. The molecule has 2 nitrogen and oxygen atoms in total. The zero-order chi connectivity index (χ0) is 16.5. The lowest BCUT2D eigenvalue weighted by Crippen LogP contribution is -2.11. The van der Waals surface area contributed by atoms with Crippen molar-refractivity contribution in [1.29, 1.82) is 0 Å². The van der Waals surface area contributed by atoms with Crippen molar-refractivity contribution in [3.8, 4) is 5.75 Å². The Hall–Kier alpha value is -2.09. The van der Waals surface area contributed by atoms with Gasteiger partial charge in [-0.3, -0.25) is 4.79 Å². The van der Waals surface area contributed by atoms with Gasteiger partial charge < -0.3 is 4.74 Å². The largest absolute Gasteiger partial charge is 0.493 e. The van der Waals surface area contributed by atoms with Crippen LogP contribution in [0, 0.1) is 5.92 Å². The molecule has 0 aliphatic carbocycles. The number of ketones is 1. The summed E-state index contributed by atoms with van der Waals surface area (Å²) in [6.45, 7) is 5.18. The molecule has 0 amide bonds. The molecule has 0 saturated heterocycles. The maximum atomic E-state index is 12.3. The third kappa shape index (κ3) is 5.24. The first kappa shape index (κ1) is 17.3. The van der Waals surface area contributed by atoms with Crippen molar-refractivity contribution in [1.82, 2.24) is 0 Å². The van der Waals surface area contributed by atoms with E-state index in [1.807, 2.05) is 54.6 Å². The third-order valence-corrected chi connectivity index (χ3v) is 4.18. The van der Waals surface area contributed by atoms with Crippen molar-refractivity contribution in [3.63, 3.8) is 0 Å². The summed E-state index contributed by atoms with van der Waals surface area (Å²) in [6, 6.07) is 16.8. The highest BCUT2D eigenvalue weighted by molar-refractivity contribution is 6.08. The molecular weight excluding hydrogens is 284 g/mol. The van der Waals surface area contributed by atoms with Gasteiger partial charge in [0.15, 0.2) is 5.78 Å². The molecule has 0 aromatic heterocycles. The summed E-state index contributed by atoms with van der Waals surface area (Å²) >= 11 is 0. The van der Waals surface area contributed by atoms with Crippen LogP contribution in [-0.4, -0.2) is 12.4 Å². The number of carbonyl (C=O) groups excluding carboxylic acids is 1. The maximum Gasteiger partial charge on any atom is 0.193 e. The number of hydrogen-bond donors (Lipinski definition) is 0. The van der Waals surface area contributed by atoms with E-state index in [0.717, 1.165) is 18.8 Å². The van der Waals surface area contributed by atoms with E-state index in [1.54, 1.807) is 0 Å².